The highest BCUT2D eigenvalue weighted by Gasteiger charge is 2.43. The third kappa shape index (κ3) is 3.53. The van der Waals surface area contributed by atoms with Crippen LogP contribution in [0.3, 0.4) is 0 Å². The Morgan fingerprint density at radius 3 is 2.76 bits per heavy atom. The molecule has 0 bridgehead atoms. The maximum atomic E-state index is 14.0. The second-order valence-corrected chi connectivity index (χ2v) is 6.40. The fraction of sp³-hybridized carbons (Fsp3) is 0.529. The Hall–Kier alpha value is -2.35. The summed E-state index contributed by atoms with van der Waals surface area (Å²) < 4.78 is 19.1. The lowest BCUT2D eigenvalue weighted by atomic mass is 9.87. The third-order valence-electron chi connectivity index (χ3n) is 4.67. The molecule has 1 aliphatic heterocycles. The topological polar surface area (TPSA) is 101 Å². The smallest absolute Gasteiger partial charge is 0.220 e. The number of nitrogens with two attached hydrogens (primary N) is 2. The number of nitrogens with one attached hydrogen (secondary N) is 1. The van der Waals surface area contributed by atoms with Gasteiger partial charge in [-0.1, -0.05) is 6.42 Å². The van der Waals surface area contributed by atoms with E-state index in [0.717, 1.165) is 37.8 Å². The minimum Gasteiger partial charge on any atom is -0.383 e. The largest absolute Gasteiger partial charge is 0.383 e. The van der Waals surface area contributed by atoms with E-state index in [-0.39, 0.29) is 17.7 Å². The number of hydrogen-bond acceptors (Lipinski definition) is 7. The second kappa shape index (κ2) is 7.26. The van der Waals surface area contributed by atoms with Crippen LogP contribution in [0.1, 0.15) is 32.1 Å². The summed E-state index contributed by atoms with van der Waals surface area (Å²) in [5, 5.41) is 3.27. The average molecular weight is 348 g/mol. The molecule has 1 aliphatic carbocycles. The molecule has 1 spiro atoms. The Bertz CT molecular complexity index is 684. The molecule has 0 aromatic heterocycles. The summed E-state index contributed by atoms with van der Waals surface area (Å²) in [5.41, 5.74) is 12.9. The average Bonchev–Trinajstić information content (AvgIpc) is 2.57. The molecule has 3 rings (SSSR count). The number of ether oxygens (including phenoxy) is 1. The van der Waals surface area contributed by atoms with Crippen molar-refractivity contribution in [3.8, 4) is 0 Å². The van der Waals surface area contributed by atoms with Gasteiger partial charge in [-0.25, -0.2) is 9.38 Å². The molecule has 0 radical (unpaired) electrons. The van der Waals surface area contributed by atoms with E-state index in [9.17, 15) is 4.39 Å². The molecule has 1 aromatic rings. The van der Waals surface area contributed by atoms with E-state index >= 15 is 0 Å². The number of nitrogens with zero attached hydrogens (tertiary/aromatic N) is 3. The van der Waals surface area contributed by atoms with Crippen LogP contribution < -0.4 is 21.7 Å². The molecule has 136 valence electrons. The molecule has 0 saturated heterocycles. The molecule has 0 unspecified atom stereocenters. The first kappa shape index (κ1) is 17.5. The maximum absolute atomic E-state index is 14.0. The molecule has 25 heavy (non-hydrogen) atoms. The van der Waals surface area contributed by atoms with Crippen LogP contribution in [-0.2, 0) is 4.74 Å². The molecule has 8 heteroatoms. The number of benzene rings is 1. The molecule has 0 atom stereocenters. The Morgan fingerprint density at radius 1 is 1.28 bits per heavy atom. The van der Waals surface area contributed by atoms with Crippen LogP contribution in [0.5, 0.6) is 0 Å². The number of halogens is 1. The van der Waals surface area contributed by atoms with Gasteiger partial charge in [0.05, 0.1) is 18.0 Å². The molecule has 2 aliphatic rings. The van der Waals surface area contributed by atoms with Crippen molar-refractivity contribution >= 4 is 23.3 Å². The number of guanidine groups is 2. The minimum atomic E-state index is -0.598. The zero-order valence-electron chi connectivity index (χ0n) is 14.5. The standard InChI is InChI=1S/C17H25FN6O/c1-25-10-9-21-13-6-5-12(18)11-14(13)24-16(20)22-15(19)23-17(24)7-3-2-4-8-17/h5-6,11,21H,2-4,7-10H2,1H3,(H4,19,20,22,23). The molecular weight excluding hydrogens is 323 g/mol. The maximum Gasteiger partial charge on any atom is 0.220 e. The van der Waals surface area contributed by atoms with Gasteiger partial charge in [0, 0.05) is 13.7 Å². The lowest BCUT2D eigenvalue weighted by Gasteiger charge is -2.46. The summed E-state index contributed by atoms with van der Waals surface area (Å²) in [4.78, 5) is 10.6. The molecule has 1 heterocycles. The first-order valence-corrected chi connectivity index (χ1v) is 8.58. The van der Waals surface area contributed by atoms with Gasteiger partial charge in [-0.05, 0) is 43.9 Å². The first-order chi connectivity index (χ1) is 12.1. The minimum absolute atomic E-state index is 0.181. The highest BCUT2D eigenvalue weighted by molar-refractivity contribution is 6.07. The Kier molecular flexibility index (Phi) is 5.08. The van der Waals surface area contributed by atoms with Gasteiger partial charge in [0.15, 0.2) is 0 Å². The first-order valence-electron chi connectivity index (χ1n) is 8.58. The summed E-state index contributed by atoms with van der Waals surface area (Å²) >= 11 is 0. The van der Waals surface area contributed by atoms with Crippen LogP contribution in [0, 0.1) is 5.82 Å². The monoisotopic (exact) mass is 348 g/mol. The normalized spacial score (nSPS) is 19.5. The van der Waals surface area contributed by atoms with Crippen LogP contribution in [-0.4, -0.2) is 37.8 Å². The zero-order valence-corrected chi connectivity index (χ0v) is 14.5. The summed E-state index contributed by atoms with van der Waals surface area (Å²) in [6.07, 6.45) is 4.78. The highest BCUT2D eigenvalue weighted by atomic mass is 19.1. The van der Waals surface area contributed by atoms with Crippen molar-refractivity contribution in [2.24, 2.45) is 21.5 Å². The van der Waals surface area contributed by atoms with Crippen LogP contribution in [0.4, 0.5) is 15.8 Å². The van der Waals surface area contributed by atoms with Crippen LogP contribution in [0.25, 0.3) is 0 Å². The summed E-state index contributed by atoms with van der Waals surface area (Å²) in [6.45, 7) is 1.13. The zero-order chi connectivity index (χ0) is 17.9. The number of hydrogen-bond donors (Lipinski definition) is 3. The van der Waals surface area contributed by atoms with E-state index in [0.29, 0.717) is 18.8 Å². The predicted molar refractivity (Wildman–Crippen MR) is 98.3 cm³/mol. The van der Waals surface area contributed by atoms with Gasteiger partial charge >= 0.3 is 0 Å². The molecule has 7 nitrogen and oxygen atoms in total. The van der Waals surface area contributed by atoms with Gasteiger partial charge in [-0.15, -0.1) is 0 Å². The molecule has 5 N–H and O–H groups in total. The van der Waals surface area contributed by atoms with E-state index in [1.807, 2.05) is 4.90 Å². The Labute approximate surface area is 146 Å². The van der Waals surface area contributed by atoms with E-state index in [1.54, 1.807) is 13.2 Å². The summed E-state index contributed by atoms with van der Waals surface area (Å²) in [7, 11) is 1.64. The van der Waals surface area contributed by atoms with Gasteiger partial charge in [0.1, 0.15) is 11.5 Å². The second-order valence-electron chi connectivity index (χ2n) is 6.40. The summed E-state index contributed by atoms with van der Waals surface area (Å²) in [5.74, 6) is 0.0873. The van der Waals surface area contributed by atoms with Gasteiger partial charge in [-0.2, -0.15) is 4.99 Å². The molecule has 0 amide bonds. The lowest BCUT2D eigenvalue weighted by molar-refractivity contribution is 0.211. The van der Waals surface area contributed by atoms with Crippen molar-refractivity contribution in [2.45, 2.75) is 37.8 Å². The van der Waals surface area contributed by atoms with Crippen molar-refractivity contribution in [1.29, 1.82) is 0 Å². The van der Waals surface area contributed by atoms with Gasteiger partial charge in [0.2, 0.25) is 11.9 Å². The third-order valence-corrected chi connectivity index (χ3v) is 4.67. The molecular formula is C17H25FN6O. The van der Waals surface area contributed by atoms with Gasteiger partial charge in [-0.3, -0.25) is 4.90 Å². The number of rotatable bonds is 5. The van der Waals surface area contributed by atoms with E-state index in [4.69, 9.17) is 16.2 Å². The van der Waals surface area contributed by atoms with Crippen LogP contribution in [0.15, 0.2) is 28.2 Å². The van der Waals surface area contributed by atoms with Crippen molar-refractivity contribution in [3.05, 3.63) is 24.0 Å². The number of anilines is 2. The number of aliphatic imine (C=N–C) groups is 2. The lowest BCUT2D eigenvalue weighted by Crippen LogP contribution is -2.58. The fourth-order valence-corrected chi connectivity index (χ4v) is 3.60. The van der Waals surface area contributed by atoms with E-state index in [1.165, 1.54) is 12.1 Å². The molecule has 1 saturated carbocycles. The Morgan fingerprint density at radius 2 is 2.04 bits per heavy atom. The van der Waals surface area contributed by atoms with Gasteiger partial charge < -0.3 is 21.5 Å². The fourth-order valence-electron chi connectivity index (χ4n) is 3.60. The van der Waals surface area contributed by atoms with Crippen LogP contribution >= 0.6 is 0 Å². The Balaban J connectivity index is 2.03. The summed E-state index contributed by atoms with van der Waals surface area (Å²) in [6, 6.07) is 4.58. The highest BCUT2D eigenvalue weighted by Crippen LogP contribution is 2.42. The predicted octanol–water partition coefficient (Wildman–Crippen LogP) is 1.99. The van der Waals surface area contributed by atoms with Crippen LogP contribution in [0.2, 0.25) is 0 Å². The van der Waals surface area contributed by atoms with Crippen molar-refractivity contribution in [2.75, 3.05) is 30.5 Å². The molecule has 1 fully saturated rings. The van der Waals surface area contributed by atoms with Gasteiger partial charge in [0.25, 0.3) is 0 Å². The van der Waals surface area contributed by atoms with Crippen molar-refractivity contribution < 1.29 is 9.13 Å². The SMILES string of the molecule is COCCNc1ccc(F)cc1N1C(N)=NC(N)=NC12CCCCC2. The quantitative estimate of drug-likeness (QED) is 0.707. The molecule has 1 aromatic carbocycles. The van der Waals surface area contributed by atoms with E-state index < -0.39 is 5.66 Å². The van der Waals surface area contributed by atoms with Crippen molar-refractivity contribution in [1.82, 2.24) is 0 Å². The van der Waals surface area contributed by atoms with E-state index in [2.05, 4.69) is 15.3 Å². The number of methoxy groups -OCH3 is 1. The van der Waals surface area contributed by atoms with Crippen molar-refractivity contribution in [3.63, 3.8) is 0 Å².